The van der Waals surface area contributed by atoms with Crippen molar-refractivity contribution < 1.29 is 9.53 Å². The van der Waals surface area contributed by atoms with Crippen molar-refractivity contribution in [3.8, 4) is 23.1 Å². The van der Waals surface area contributed by atoms with Crippen molar-refractivity contribution in [2.24, 2.45) is 0 Å². The number of nitrogens with one attached hydrogen (secondary N) is 1. The fraction of sp³-hybridized carbons (Fsp3) is 0.0556. The van der Waals surface area contributed by atoms with Gasteiger partial charge in [0.25, 0.3) is 5.91 Å². The Kier molecular flexibility index (Phi) is 4.54. The number of carbonyl (C=O) groups is 1. The molecule has 0 aliphatic heterocycles. The van der Waals surface area contributed by atoms with Crippen LogP contribution in [0.4, 0.5) is 5.13 Å². The molecule has 3 rings (SSSR count). The molecule has 5 nitrogen and oxygen atoms in total. The Morgan fingerprint density at radius 2 is 2.04 bits per heavy atom. The highest BCUT2D eigenvalue weighted by Crippen LogP contribution is 2.25. The molecule has 2 aromatic carbocycles. The third kappa shape index (κ3) is 3.42. The molecule has 1 heterocycles. The number of benzene rings is 2. The molecule has 0 spiro atoms. The first kappa shape index (κ1) is 15.7. The van der Waals surface area contributed by atoms with Gasteiger partial charge in [0.05, 0.1) is 24.4 Å². The van der Waals surface area contributed by atoms with E-state index in [2.05, 4.69) is 16.4 Å². The molecule has 0 unspecified atom stereocenters. The van der Waals surface area contributed by atoms with Gasteiger partial charge in [-0.3, -0.25) is 10.1 Å². The first-order valence-electron chi connectivity index (χ1n) is 7.11. The monoisotopic (exact) mass is 335 g/mol. The lowest BCUT2D eigenvalue weighted by Crippen LogP contribution is -2.11. The normalized spacial score (nSPS) is 10.0. The maximum atomic E-state index is 12.3. The number of hydrogen-bond acceptors (Lipinski definition) is 5. The Balaban J connectivity index is 1.75. The van der Waals surface area contributed by atoms with E-state index in [0.29, 0.717) is 22.0 Å². The van der Waals surface area contributed by atoms with Crippen LogP contribution in [0, 0.1) is 11.3 Å². The van der Waals surface area contributed by atoms with E-state index in [-0.39, 0.29) is 5.91 Å². The minimum absolute atomic E-state index is 0.241. The molecule has 1 N–H and O–H groups in total. The van der Waals surface area contributed by atoms with E-state index in [9.17, 15) is 4.79 Å². The van der Waals surface area contributed by atoms with Crippen molar-refractivity contribution in [2.75, 3.05) is 12.4 Å². The topological polar surface area (TPSA) is 75.0 Å². The molecule has 0 radical (unpaired) electrons. The second-order valence-corrected chi connectivity index (χ2v) is 5.77. The minimum atomic E-state index is -0.241. The third-order valence-corrected chi connectivity index (χ3v) is 4.12. The summed E-state index contributed by atoms with van der Waals surface area (Å²) < 4.78 is 5.12. The van der Waals surface area contributed by atoms with Gasteiger partial charge in [0.15, 0.2) is 5.13 Å². The maximum absolute atomic E-state index is 12.3. The molecule has 0 bridgehead atoms. The van der Waals surface area contributed by atoms with Gasteiger partial charge in [-0.15, -0.1) is 11.3 Å². The predicted molar refractivity (Wildman–Crippen MR) is 93.2 cm³/mol. The van der Waals surface area contributed by atoms with Crippen LogP contribution in [-0.2, 0) is 0 Å². The van der Waals surface area contributed by atoms with Gasteiger partial charge in [-0.05, 0) is 30.3 Å². The van der Waals surface area contributed by atoms with E-state index >= 15 is 0 Å². The lowest BCUT2D eigenvalue weighted by molar-refractivity contribution is 0.102. The van der Waals surface area contributed by atoms with Crippen molar-refractivity contribution in [1.82, 2.24) is 4.98 Å². The summed E-state index contributed by atoms with van der Waals surface area (Å²) in [7, 11) is 1.56. The van der Waals surface area contributed by atoms with Crippen molar-refractivity contribution >= 4 is 22.4 Å². The van der Waals surface area contributed by atoms with Crippen LogP contribution in [0.2, 0.25) is 0 Å². The lowest BCUT2D eigenvalue weighted by Gasteiger charge is -2.04. The van der Waals surface area contributed by atoms with Crippen LogP contribution in [0.3, 0.4) is 0 Å². The van der Waals surface area contributed by atoms with E-state index < -0.39 is 0 Å². The van der Waals surface area contributed by atoms with E-state index in [1.54, 1.807) is 43.5 Å². The first-order valence-corrected chi connectivity index (χ1v) is 7.99. The highest BCUT2D eigenvalue weighted by molar-refractivity contribution is 7.14. The average molecular weight is 335 g/mol. The van der Waals surface area contributed by atoms with Gasteiger partial charge in [-0.2, -0.15) is 5.26 Å². The Morgan fingerprint density at radius 1 is 1.25 bits per heavy atom. The Morgan fingerprint density at radius 3 is 2.75 bits per heavy atom. The summed E-state index contributed by atoms with van der Waals surface area (Å²) in [6.45, 7) is 0. The van der Waals surface area contributed by atoms with Crippen molar-refractivity contribution in [3.05, 3.63) is 65.0 Å². The fourth-order valence-corrected chi connectivity index (χ4v) is 2.83. The number of nitrogens with zero attached hydrogens (tertiary/aromatic N) is 2. The van der Waals surface area contributed by atoms with Gasteiger partial charge in [0, 0.05) is 16.5 Å². The molecular weight excluding hydrogens is 322 g/mol. The van der Waals surface area contributed by atoms with Crippen LogP contribution in [0.25, 0.3) is 11.3 Å². The van der Waals surface area contributed by atoms with Crippen LogP contribution in [0.5, 0.6) is 5.75 Å². The molecule has 3 aromatic rings. The fourth-order valence-electron chi connectivity index (χ4n) is 2.11. The molecule has 0 atom stereocenters. The molecule has 0 saturated heterocycles. The van der Waals surface area contributed by atoms with E-state index in [0.717, 1.165) is 11.3 Å². The quantitative estimate of drug-likeness (QED) is 0.783. The van der Waals surface area contributed by atoms with Crippen LogP contribution < -0.4 is 10.1 Å². The molecule has 24 heavy (non-hydrogen) atoms. The molecule has 1 aromatic heterocycles. The van der Waals surface area contributed by atoms with Gasteiger partial charge in [0.2, 0.25) is 0 Å². The minimum Gasteiger partial charge on any atom is -0.497 e. The van der Waals surface area contributed by atoms with Crippen molar-refractivity contribution in [2.45, 2.75) is 0 Å². The maximum Gasteiger partial charge on any atom is 0.257 e. The second-order valence-electron chi connectivity index (χ2n) is 4.91. The Bertz CT molecular complexity index is 911. The third-order valence-electron chi connectivity index (χ3n) is 3.37. The van der Waals surface area contributed by atoms with Crippen LogP contribution in [0.15, 0.2) is 53.9 Å². The Labute approximate surface area is 143 Å². The molecule has 118 valence electrons. The predicted octanol–water partition coefficient (Wildman–Crippen LogP) is 3.94. The van der Waals surface area contributed by atoms with E-state index in [1.807, 2.05) is 17.5 Å². The standard InChI is InChI=1S/C18H13N3O2S/c1-23-15-4-2-3-14(9-15)17(22)21-18-20-16(11-24-18)13-7-5-12(10-19)6-8-13/h2-9,11H,1H3,(H,20,21,22). The van der Waals surface area contributed by atoms with Crippen molar-refractivity contribution in [3.63, 3.8) is 0 Å². The van der Waals surface area contributed by atoms with E-state index in [4.69, 9.17) is 10.00 Å². The first-order chi connectivity index (χ1) is 11.7. The van der Waals surface area contributed by atoms with Crippen LogP contribution in [0.1, 0.15) is 15.9 Å². The Hall–Kier alpha value is -3.17. The number of hydrogen-bond donors (Lipinski definition) is 1. The zero-order valence-corrected chi connectivity index (χ0v) is 13.6. The summed E-state index contributed by atoms with van der Waals surface area (Å²) in [5.74, 6) is 0.384. The number of nitriles is 1. The zero-order chi connectivity index (χ0) is 16.9. The summed E-state index contributed by atoms with van der Waals surface area (Å²) in [6, 6.07) is 16.2. The number of rotatable bonds is 4. The van der Waals surface area contributed by atoms with Gasteiger partial charge in [-0.25, -0.2) is 4.98 Å². The van der Waals surface area contributed by atoms with Gasteiger partial charge < -0.3 is 4.74 Å². The van der Waals surface area contributed by atoms with Crippen molar-refractivity contribution in [1.29, 1.82) is 5.26 Å². The summed E-state index contributed by atoms with van der Waals surface area (Å²) in [4.78, 5) is 16.7. The number of amides is 1. The van der Waals surface area contributed by atoms with Gasteiger partial charge >= 0.3 is 0 Å². The number of aromatic nitrogens is 1. The molecule has 6 heteroatoms. The number of methoxy groups -OCH3 is 1. The number of thiazole rings is 1. The smallest absolute Gasteiger partial charge is 0.257 e. The molecule has 1 amide bonds. The number of anilines is 1. The second kappa shape index (κ2) is 6.94. The highest BCUT2D eigenvalue weighted by atomic mass is 32.1. The highest BCUT2D eigenvalue weighted by Gasteiger charge is 2.10. The van der Waals surface area contributed by atoms with E-state index in [1.165, 1.54) is 11.3 Å². The SMILES string of the molecule is COc1cccc(C(=O)Nc2nc(-c3ccc(C#N)cc3)cs2)c1. The molecule has 0 fully saturated rings. The molecule has 0 aliphatic carbocycles. The summed E-state index contributed by atoms with van der Waals surface area (Å²) >= 11 is 1.35. The summed E-state index contributed by atoms with van der Waals surface area (Å²) in [5, 5.41) is 14.0. The largest absolute Gasteiger partial charge is 0.497 e. The van der Waals surface area contributed by atoms with Gasteiger partial charge in [0.1, 0.15) is 5.75 Å². The van der Waals surface area contributed by atoms with Crippen LogP contribution >= 0.6 is 11.3 Å². The zero-order valence-electron chi connectivity index (χ0n) is 12.8. The summed E-state index contributed by atoms with van der Waals surface area (Å²) in [6.07, 6.45) is 0. The van der Waals surface area contributed by atoms with Gasteiger partial charge in [-0.1, -0.05) is 18.2 Å². The molecular formula is C18H13N3O2S. The molecule has 0 saturated carbocycles. The number of ether oxygens (including phenoxy) is 1. The molecule has 0 aliphatic rings. The summed E-state index contributed by atoms with van der Waals surface area (Å²) in [5.41, 5.74) is 2.75. The van der Waals surface area contributed by atoms with Crippen LogP contribution in [-0.4, -0.2) is 18.0 Å². The number of carbonyl (C=O) groups excluding carboxylic acids is 1. The average Bonchev–Trinajstić information content (AvgIpc) is 3.10. The lowest BCUT2D eigenvalue weighted by atomic mass is 10.1.